The molecule has 0 saturated carbocycles. The van der Waals surface area contributed by atoms with Gasteiger partial charge in [0.05, 0.1) is 6.61 Å². The first-order chi connectivity index (χ1) is 11.8. The minimum atomic E-state index is -0.263. The van der Waals surface area contributed by atoms with Crippen LogP contribution in [0, 0.1) is 5.82 Å². The van der Waals surface area contributed by atoms with Crippen LogP contribution in [0.1, 0.15) is 11.1 Å². The molecular weight excluding hydrogens is 307 g/mol. The number of rotatable bonds is 4. The lowest BCUT2D eigenvalue weighted by atomic mass is 10.1. The van der Waals surface area contributed by atoms with Crippen LogP contribution >= 0.6 is 0 Å². The normalized spacial score (nSPS) is 13.4. The van der Waals surface area contributed by atoms with Gasteiger partial charge >= 0.3 is 0 Å². The van der Waals surface area contributed by atoms with Gasteiger partial charge in [-0.25, -0.2) is 9.37 Å². The SMILES string of the molecule is Fc1cc(CCNc2nccc3ccccc23)c2c(c1)COCO2. The summed E-state index contributed by atoms with van der Waals surface area (Å²) in [5, 5.41) is 5.55. The molecule has 1 aromatic heterocycles. The Morgan fingerprint density at radius 1 is 1.17 bits per heavy atom. The Labute approximate surface area is 139 Å². The maximum Gasteiger partial charge on any atom is 0.189 e. The Kier molecular flexibility index (Phi) is 4.01. The molecule has 1 aliphatic heterocycles. The average Bonchev–Trinajstić information content (AvgIpc) is 2.62. The van der Waals surface area contributed by atoms with Gasteiger partial charge in [0, 0.05) is 23.7 Å². The lowest BCUT2D eigenvalue weighted by Gasteiger charge is -2.21. The molecule has 0 radical (unpaired) electrons. The molecule has 122 valence electrons. The van der Waals surface area contributed by atoms with Crippen molar-refractivity contribution in [2.24, 2.45) is 0 Å². The highest BCUT2D eigenvalue weighted by atomic mass is 19.1. The van der Waals surface area contributed by atoms with Crippen molar-refractivity contribution in [3.8, 4) is 5.75 Å². The zero-order valence-electron chi connectivity index (χ0n) is 13.1. The van der Waals surface area contributed by atoms with Gasteiger partial charge in [0.2, 0.25) is 0 Å². The molecule has 0 bridgehead atoms. The van der Waals surface area contributed by atoms with Gasteiger partial charge in [-0.2, -0.15) is 0 Å². The van der Waals surface area contributed by atoms with Gasteiger partial charge in [0.25, 0.3) is 0 Å². The number of hydrogen-bond acceptors (Lipinski definition) is 4. The number of benzene rings is 2. The highest BCUT2D eigenvalue weighted by Crippen LogP contribution is 2.30. The van der Waals surface area contributed by atoms with Crippen LogP contribution in [0.5, 0.6) is 5.75 Å². The van der Waals surface area contributed by atoms with E-state index < -0.39 is 0 Å². The first kappa shape index (κ1) is 14.9. The standard InChI is InChI=1S/C19H17FN2O2/c20-16-9-14(18-15(10-16)11-23-12-24-18)6-8-22-19-17-4-2-1-3-13(17)5-7-21-19/h1-5,7,9-10H,6,8,11-12H2,(H,21,22). The second-order valence-corrected chi connectivity index (χ2v) is 5.72. The van der Waals surface area contributed by atoms with Crippen LogP contribution in [0.4, 0.5) is 10.2 Å². The van der Waals surface area contributed by atoms with Crippen molar-refractivity contribution in [3.05, 3.63) is 65.6 Å². The van der Waals surface area contributed by atoms with E-state index in [1.54, 1.807) is 6.20 Å². The smallest absolute Gasteiger partial charge is 0.189 e. The Bertz CT molecular complexity index is 877. The van der Waals surface area contributed by atoms with Crippen molar-refractivity contribution < 1.29 is 13.9 Å². The summed E-state index contributed by atoms with van der Waals surface area (Å²) < 4.78 is 24.5. The van der Waals surface area contributed by atoms with Crippen molar-refractivity contribution in [2.45, 2.75) is 13.0 Å². The van der Waals surface area contributed by atoms with Gasteiger partial charge in [-0.3, -0.25) is 0 Å². The van der Waals surface area contributed by atoms with Crippen LogP contribution < -0.4 is 10.1 Å². The molecule has 4 rings (SSSR count). The fraction of sp³-hybridized carbons (Fsp3) is 0.211. The van der Waals surface area contributed by atoms with Crippen LogP contribution in [0.3, 0.4) is 0 Å². The largest absolute Gasteiger partial charge is 0.467 e. The molecular formula is C19H17FN2O2. The monoisotopic (exact) mass is 324 g/mol. The second kappa shape index (κ2) is 6.45. The molecule has 2 aromatic carbocycles. The van der Waals surface area contributed by atoms with Gasteiger partial charge in [-0.15, -0.1) is 0 Å². The molecule has 1 aliphatic rings. The fourth-order valence-corrected chi connectivity index (χ4v) is 3.02. The summed E-state index contributed by atoms with van der Waals surface area (Å²) in [7, 11) is 0. The van der Waals surface area contributed by atoms with Gasteiger partial charge in [-0.1, -0.05) is 24.3 Å². The predicted molar refractivity (Wildman–Crippen MR) is 90.6 cm³/mol. The Morgan fingerprint density at radius 2 is 2.08 bits per heavy atom. The molecule has 0 unspecified atom stereocenters. The van der Waals surface area contributed by atoms with E-state index in [0.29, 0.717) is 19.6 Å². The third-order valence-corrected chi connectivity index (χ3v) is 4.11. The van der Waals surface area contributed by atoms with Crippen LogP contribution in [-0.4, -0.2) is 18.3 Å². The highest BCUT2D eigenvalue weighted by molar-refractivity contribution is 5.91. The van der Waals surface area contributed by atoms with E-state index in [1.807, 2.05) is 24.3 Å². The third kappa shape index (κ3) is 2.90. The Morgan fingerprint density at radius 3 is 3.04 bits per heavy atom. The summed E-state index contributed by atoms with van der Waals surface area (Å²) >= 11 is 0. The highest BCUT2D eigenvalue weighted by Gasteiger charge is 2.16. The quantitative estimate of drug-likeness (QED) is 0.790. The molecule has 0 spiro atoms. The van der Waals surface area contributed by atoms with E-state index in [0.717, 1.165) is 33.5 Å². The molecule has 5 heteroatoms. The molecule has 24 heavy (non-hydrogen) atoms. The van der Waals surface area contributed by atoms with E-state index in [9.17, 15) is 4.39 Å². The Balaban J connectivity index is 1.52. The Hall–Kier alpha value is -2.66. The molecule has 0 fully saturated rings. The molecule has 0 aliphatic carbocycles. The molecule has 0 amide bonds. The van der Waals surface area contributed by atoms with E-state index in [2.05, 4.69) is 16.4 Å². The van der Waals surface area contributed by atoms with Crippen LogP contribution in [0.25, 0.3) is 10.8 Å². The predicted octanol–water partition coefficient (Wildman–Crippen LogP) is 3.90. The first-order valence-corrected chi connectivity index (χ1v) is 7.91. The number of halogens is 1. The van der Waals surface area contributed by atoms with Gasteiger partial charge in [0.15, 0.2) is 6.79 Å². The van der Waals surface area contributed by atoms with Crippen LogP contribution in [-0.2, 0) is 17.8 Å². The van der Waals surface area contributed by atoms with Gasteiger partial charge < -0.3 is 14.8 Å². The molecule has 1 N–H and O–H groups in total. The van der Waals surface area contributed by atoms with Crippen molar-refractivity contribution >= 4 is 16.6 Å². The fourth-order valence-electron chi connectivity index (χ4n) is 3.02. The molecule has 2 heterocycles. The van der Waals surface area contributed by atoms with Gasteiger partial charge in [-0.05, 0) is 35.6 Å². The number of nitrogens with one attached hydrogen (secondary N) is 1. The van der Waals surface area contributed by atoms with Crippen molar-refractivity contribution in [2.75, 3.05) is 18.7 Å². The number of aromatic nitrogens is 1. The zero-order valence-corrected chi connectivity index (χ0v) is 13.1. The lowest BCUT2D eigenvalue weighted by Crippen LogP contribution is -2.15. The minimum absolute atomic E-state index is 0.212. The van der Waals surface area contributed by atoms with Crippen molar-refractivity contribution in [1.82, 2.24) is 4.98 Å². The zero-order chi connectivity index (χ0) is 16.4. The summed E-state index contributed by atoms with van der Waals surface area (Å²) in [5.41, 5.74) is 1.61. The maximum absolute atomic E-state index is 13.8. The summed E-state index contributed by atoms with van der Waals surface area (Å²) in [5.74, 6) is 1.32. The van der Waals surface area contributed by atoms with E-state index in [1.165, 1.54) is 12.1 Å². The van der Waals surface area contributed by atoms with Crippen LogP contribution in [0.2, 0.25) is 0 Å². The molecule has 4 nitrogen and oxygen atoms in total. The lowest BCUT2D eigenvalue weighted by molar-refractivity contribution is -0.0172. The number of anilines is 1. The number of fused-ring (bicyclic) bond motifs is 2. The number of nitrogens with zero attached hydrogens (tertiary/aromatic N) is 1. The maximum atomic E-state index is 13.8. The van der Waals surface area contributed by atoms with Crippen molar-refractivity contribution in [3.63, 3.8) is 0 Å². The van der Waals surface area contributed by atoms with E-state index >= 15 is 0 Å². The summed E-state index contributed by atoms with van der Waals surface area (Å²) in [6.07, 6.45) is 2.43. The van der Waals surface area contributed by atoms with E-state index in [-0.39, 0.29) is 12.6 Å². The first-order valence-electron chi connectivity index (χ1n) is 7.91. The van der Waals surface area contributed by atoms with E-state index in [4.69, 9.17) is 9.47 Å². The summed E-state index contributed by atoms with van der Waals surface area (Å²) in [6.45, 7) is 1.24. The number of pyridine rings is 1. The third-order valence-electron chi connectivity index (χ3n) is 4.11. The summed E-state index contributed by atoms with van der Waals surface area (Å²) in [4.78, 5) is 4.41. The van der Waals surface area contributed by atoms with Crippen LogP contribution in [0.15, 0.2) is 48.7 Å². The van der Waals surface area contributed by atoms with Crippen molar-refractivity contribution in [1.29, 1.82) is 0 Å². The minimum Gasteiger partial charge on any atom is -0.467 e. The number of ether oxygens (including phenoxy) is 2. The molecule has 0 atom stereocenters. The van der Waals surface area contributed by atoms with Gasteiger partial charge in [0.1, 0.15) is 17.4 Å². The summed E-state index contributed by atoms with van der Waals surface area (Å²) in [6, 6.07) is 13.1. The molecule has 3 aromatic rings. The average molecular weight is 324 g/mol. The molecule has 0 saturated heterocycles. The number of hydrogen-bond donors (Lipinski definition) is 1. The second-order valence-electron chi connectivity index (χ2n) is 5.72. The topological polar surface area (TPSA) is 43.4 Å².